The van der Waals surface area contributed by atoms with E-state index < -0.39 is 0 Å². The highest BCUT2D eigenvalue weighted by Gasteiger charge is 2.24. The van der Waals surface area contributed by atoms with Gasteiger partial charge in [-0.25, -0.2) is 14.9 Å². The molecule has 4 heterocycles. The smallest absolute Gasteiger partial charge is 0.258 e. The van der Waals surface area contributed by atoms with Crippen molar-refractivity contribution in [1.82, 2.24) is 20.2 Å². The van der Waals surface area contributed by atoms with Crippen molar-refractivity contribution in [2.45, 2.75) is 37.7 Å². The Morgan fingerprint density at radius 3 is 1.50 bits per heavy atom. The van der Waals surface area contributed by atoms with Crippen LogP contribution in [0, 0.1) is 13.8 Å². The van der Waals surface area contributed by atoms with Crippen molar-refractivity contribution in [3.05, 3.63) is 133 Å². The Morgan fingerprint density at radius 2 is 1.07 bits per heavy atom. The minimum atomic E-state index is -0.279. The van der Waals surface area contributed by atoms with Gasteiger partial charge in [0.1, 0.15) is 0 Å². The van der Waals surface area contributed by atoms with Crippen molar-refractivity contribution in [3.63, 3.8) is 0 Å². The summed E-state index contributed by atoms with van der Waals surface area (Å²) in [6.07, 6.45) is 8.57. The van der Waals surface area contributed by atoms with Gasteiger partial charge >= 0.3 is 0 Å². The first-order chi connectivity index (χ1) is 26.0. The first kappa shape index (κ1) is 42.6. The summed E-state index contributed by atoms with van der Waals surface area (Å²) in [5.41, 5.74) is 3.72. The van der Waals surface area contributed by atoms with Gasteiger partial charge in [-0.15, -0.1) is 0 Å². The normalized spacial score (nSPS) is 12.6. The standard InChI is InChI=1S/C14H14N2OS.C11H9NO2.C9H12N2OS.C6H7NO2/c1-11-5-7-12(8-6-11)16-13(17)10-18-14-4-2-3-9-15-14;1-8-2-4-9(5-3-8)12-10(13)6-7-11(12)14;1-2-10-8(12)7-13-9-5-3-4-6-11-9;1-2-7-5(8)3-4-6(7)9/h2-9H,10H2,1H3,(H,16,17);2-7H,1H3;3-6H,2,7H2,1H3,(H,10,12);3-4H,2H2,1H3. The van der Waals surface area contributed by atoms with Crippen molar-refractivity contribution in [1.29, 1.82) is 0 Å². The molecule has 0 atom stereocenters. The predicted molar refractivity (Wildman–Crippen MR) is 213 cm³/mol. The molecule has 6 rings (SSSR count). The number of benzene rings is 2. The lowest BCUT2D eigenvalue weighted by molar-refractivity contribution is -0.136. The first-order valence-electron chi connectivity index (χ1n) is 16.9. The largest absolute Gasteiger partial charge is 0.356 e. The summed E-state index contributed by atoms with van der Waals surface area (Å²) in [5, 5.41) is 7.32. The van der Waals surface area contributed by atoms with Crippen LogP contribution in [-0.2, 0) is 28.8 Å². The van der Waals surface area contributed by atoms with Crippen molar-refractivity contribution >= 4 is 70.3 Å². The van der Waals surface area contributed by atoms with E-state index in [0.717, 1.165) is 26.2 Å². The molecule has 0 radical (unpaired) electrons. The number of carbonyl (C=O) groups is 6. The number of amides is 6. The molecule has 0 saturated heterocycles. The maximum Gasteiger partial charge on any atom is 0.258 e. The van der Waals surface area contributed by atoms with E-state index >= 15 is 0 Å². The van der Waals surface area contributed by atoms with E-state index in [1.54, 1.807) is 31.5 Å². The number of hydrogen-bond acceptors (Lipinski definition) is 10. The average molecular weight is 767 g/mol. The van der Waals surface area contributed by atoms with Crippen LogP contribution in [0.15, 0.2) is 132 Å². The van der Waals surface area contributed by atoms with Crippen molar-refractivity contribution in [2.75, 3.05) is 34.8 Å². The van der Waals surface area contributed by atoms with Crippen LogP contribution in [0.2, 0.25) is 0 Å². The van der Waals surface area contributed by atoms with E-state index in [9.17, 15) is 28.8 Å². The van der Waals surface area contributed by atoms with Gasteiger partial charge in [0.15, 0.2) is 0 Å². The molecule has 54 heavy (non-hydrogen) atoms. The Bertz CT molecular complexity index is 1890. The van der Waals surface area contributed by atoms with Crippen LogP contribution in [0.3, 0.4) is 0 Å². The van der Waals surface area contributed by atoms with Crippen molar-refractivity contribution in [2.24, 2.45) is 0 Å². The zero-order valence-corrected chi connectivity index (χ0v) is 32.1. The number of nitrogens with one attached hydrogen (secondary N) is 2. The Hall–Kier alpha value is -5.86. The molecule has 14 heteroatoms. The highest BCUT2D eigenvalue weighted by Crippen LogP contribution is 2.19. The van der Waals surface area contributed by atoms with E-state index in [1.165, 1.54) is 58.3 Å². The number of carbonyl (C=O) groups excluding carboxylic acids is 6. The number of likely N-dealkylation sites (N-methyl/N-ethyl adjacent to an activating group) is 1. The summed E-state index contributed by atoms with van der Waals surface area (Å²) in [7, 11) is 0. The number of anilines is 2. The topological polar surface area (TPSA) is 159 Å². The molecule has 12 nitrogen and oxygen atoms in total. The van der Waals surface area contributed by atoms with Crippen molar-refractivity contribution in [3.8, 4) is 0 Å². The molecular weight excluding hydrogens is 725 g/mol. The minimum Gasteiger partial charge on any atom is -0.356 e. The molecule has 0 bridgehead atoms. The molecule has 0 aliphatic carbocycles. The third-order valence-corrected chi connectivity index (χ3v) is 8.89. The number of aromatic nitrogens is 2. The van der Waals surface area contributed by atoms with Crippen LogP contribution in [0.5, 0.6) is 0 Å². The van der Waals surface area contributed by atoms with E-state index in [-0.39, 0.29) is 35.4 Å². The fourth-order valence-corrected chi connectivity index (χ4v) is 5.67. The van der Waals surface area contributed by atoms with Crippen LogP contribution >= 0.6 is 23.5 Å². The van der Waals surface area contributed by atoms with Gasteiger partial charge in [-0.05, 0) is 76.2 Å². The van der Waals surface area contributed by atoms with Crippen LogP contribution in [0.4, 0.5) is 11.4 Å². The van der Waals surface area contributed by atoms with E-state index in [1.807, 2.05) is 93.6 Å². The lowest BCUT2D eigenvalue weighted by Crippen LogP contribution is -2.29. The van der Waals surface area contributed by atoms with Gasteiger partial charge in [-0.3, -0.25) is 33.7 Å². The summed E-state index contributed by atoms with van der Waals surface area (Å²) in [6, 6.07) is 26.3. The lowest BCUT2D eigenvalue weighted by Gasteiger charge is -2.13. The van der Waals surface area contributed by atoms with Crippen LogP contribution in [-0.4, -0.2) is 74.9 Å². The average Bonchev–Trinajstić information content (AvgIpc) is 3.70. The quantitative estimate of drug-likeness (QED) is 0.150. The molecule has 2 N–H and O–H groups in total. The second-order valence-electron chi connectivity index (χ2n) is 11.2. The number of rotatable bonds is 10. The molecule has 6 amide bonds. The molecule has 280 valence electrons. The predicted octanol–water partition coefficient (Wildman–Crippen LogP) is 5.79. The molecule has 4 aromatic rings. The lowest BCUT2D eigenvalue weighted by atomic mass is 10.2. The van der Waals surface area contributed by atoms with Gasteiger partial charge in [0, 0.05) is 55.5 Å². The third kappa shape index (κ3) is 15.0. The number of thioether (sulfide) groups is 2. The Kier molecular flexibility index (Phi) is 18.1. The summed E-state index contributed by atoms with van der Waals surface area (Å²) < 4.78 is 0. The van der Waals surface area contributed by atoms with Crippen LogP contribution in [0.25, 0.3) is 0 Å². The molecule has 2 aliphatic heterocycles. The number of hydrogen-bond donors (Lipinski definition) is 2. The zero-order valence-electron chi connectivity index (χ0n) is 30.4. The maximum absolute atomic E-state index is 11.7. The molecular formula is C40H42N6O6S2. The van der Waals surface area contributed by atoms with E-state index in [0.29, 0.717) is 30.3 Å². The van der Waals surface area contributed by atoms with Gasteiger partial charge in [0.05, 0.1) is 27.2 Å². The summed E-state index contributed by atoms with van der Waals surface area (Å²) in [6.45, 7) is 8.79. The SMILES string of the molecule is CCN1C(=O)C=CC1=O.CCNC(=O)CSc1ccccn1.Cc1ccc(N2C(=O)C=CC2=O)cc1.Cc1ccc(NC(=O)CSc2ccccn2)cc1. The monoisotopic (exact) mass is 766 g/mol. The Balaban J connectivity index is 0.000000199. The summed E-state index contributed by atoms with van der Waals surface area (Å²) in [5.74, 6) is -0.134. The number of imide groups is 2. The first-order valence-corrected chi connectivity index (χ1v) is 18.8. The number of nitrogens with zero attached hydrogens (tertiary/aromatic N) is 4. The highest BCUT2D eigenvalue weighted by atomic mass is 32.2. The van der Waals surface area contributed by atoms with Gasteiger partial charge in [0.25, 0.3) is 23.6 Å². The molecule has 2 aromatic carbocycles. The summed E-state index contributed by atoms with van der Waals surface area (Å²) in [4.78, 5) is 77.2. The molecule has 0 fully saturated rings. The van der Waals surface area contributed by atoms with Crippen LogP contribution < -0.4 is 15.5 Å². The van der Waals surface area contributed by atoms with Gasteiger partial charge in [0.2, 0.25) is 11.8 Å². The second-order valence-corrected chi connectivity index (χ2v) is 13.2. The third-order valence-electron chi connectivity index (χ3n) is 7.01. The van der Waals surface area contributed by atoms with E-state index in [4.69, 9.17) is 0 Å². The van der Waals surface area contributed by atoms with Gasteiger partial charge in [-0.2, -0.15) is 0 Å². The van der Waals surface area contributed by atoms with Crippen LogP contribution in [0.1, 0.15) is 25.0 Å². The molecule has 0 unspecified atom stereocenters. The van der Waals surface area contributed by atoms with Gasteiger partial charge < -0.3 is 10.6 Å². The molecule has 0 saturated carbocycles. The molecule has 0 spiro atoms. The van der Waals surface area contributed by atoms with E-state index in [2.05, 4.69) is 20.6 Å². The van der Waals surface area contributed by atoms with Crippen molar-refractivity contribution < 1.29 is 28.8 Å². The van der Waals surface area contributed by atoms with Gasteiger partial charge in [-0.1, -0.05) is 71.0 Å². The fourth-order valence-electron chi connectivity index (χ4n) is 4.32. The Morgan fingerprint density at radius 1 is 0.611 bits per heavy atom. The highest BCUT2D eigenvalue weighted by molar-refractivity contribution is 8.00. The molecule has 2 aromatic heterocycles. The Labute approximate surface area is 323 Å². The minimum absolute atomic E-state index is 0.0190. The summed E-state index contributed by atoms with van der Waals surface area (Å²) >= 11 is 2.87. The second kappa shape index (κ2) is 22.9. The fraction of sp³-hybridized carbons (Fsp3) is 0.200. The number of pyridine rings is 2. The maximum atomic E-state index is 11.7. The molecule has 2 aliphatic rings. The number of aryl methyl sites for hydroxylation is 2. The zero-order chi connectivity index (χ0) is 39.3.